The van der Waals surface area contributed by atoms with E-state index >= 15 is 0 Å². The van der Waals surface area contributed by atoms with Crippen LogP contribution in [0.25, 0.3) is 0 Å². The van der Waals surface area contributed by atoms with Crippen molar-refractivity contribution >= 4 is 5.69 Å². The van der Waals surface area contributed by atoms with Gasteiger partial charge in [-0.05, 0) is 37.1 Å². The average Bonchev–Trinajstić information content (AvgIpc) is 2.63. The van der Waals surface area contributed by atoms with E-state index in [1.165, 1.54) is 12.2 Å². The van der Waals surface area contributed by atoms with Crippen molar-refractivity contribution in [3.63, 3.8) is 0 Å². The lowest BCUT2D eigenvalue weighted by molar-refractivity contribution is 0.475. The molecule has 2 unspecified atom stereocenters. The van der Waals surface area contributed by atoms with Crippen LogP contribution in [-0.4, -0.2) is 19.6 Å². The first-order chi connectivity index (χ1) is 6.86. The second-order valence-corrected chi connectivity index (χ2v) is 4.14. The van der Waals surface area contributed by atoms with Gasteiger partial charge in [-0.25, -0.2) is 0 Å². The first kappa shape index (κ1) is 9.53. The Balaban J connectivity index is 1.82. The Morgan fingerprint density at radius 1 is 1.29 bits per heavy atom. The zero-order valence-corrected chi connectivity index (χ0v) is 8.66. The molecule has 1 aromatic carbocycles. The highest BCUT2D eigenvalue weighted by Gasteiger charge is 2.22. The number of benzene rings is 1. The second kappa shape index (κ2) is 4.47. The molecule has 14 heavy (non-hydrogen) atoms. The van der Waals surface area contributed by atoms with E-state index in [1.807, 2.05) is 6.07 Å². The number of anilines is 1. The molecular formula is C12H18N2. The van der Waals surface area contributed by atoms with Crippen LogP contribution < -0.4 is 10.6 Å². The fourth-order valence-electron chi connectivity index (χ4n) is 1.94. The predicted molar refractivity (Wildman–Crippen MR) is 60.5 cm³/mol. The average molecular weight is 190 g/mol. The molecule has 1 fully saturated rings. The van der Waals surface area contributed by atoms with E-state index in [0.717, 1.165) is 24.9 Å². The van der Waals surface area contributed by atoms with Crippen molar-refractivity contribution in [2.75, 3.05) is 25.0 Å². The third-order valence-electron chi connectivity index (χ3n) is 3.02. The van der Waals surface area contributed by atoms with Crippen LogP contribution in [0.5, 0.6) is 0 Å². The summed E-state index contributed by atoms with van der Waals surface area (Å²) in [7, 11) is 0. The van der Waals surface area contributed by atoms with Crippen molar-refractivity contribution < 1.29 is 0 Å². The summed E-state index contributed by atoms with van der Waals surface area (Å²) in [5.41, 5.74) is 1.23. The van der Waals surface area contributed by atoms with Gasteiger partial charge in [0.05, 0.1) is 0 Å². The summed E-state index contributed by atoms with van der Waals surface area (Å²) in [5, 5.41) is 6.90. The van der Waals surface area contributed by atoms with E-state index in [1.54, 1.807) is 0 Å². The molecule has 2 atom stereocenters. The molecule has 0 amide bonds. The Bertz CT molecular complexity index is 271. The van der Waals surface area contributed by atoms with Crippen molar-refractivity contribution in [3.05, 3.63) is 30.3 Å². The number of para-hydroxylation sites is 1. The van der Waals surface area contributed by atoms with Crippen LogP contribution in [0.1, 0.15) is 6.92 Å². The molecule has 0 aliphatic carbocycles. The predicted octanol–water partition coefficient (Wildman–Crippen LogP) is 1.95. The lowest BCUT2D eigenvalue weighted by atomic mass is 9.98. The fraction of sp³-hybridized carbons (Fsp3) is 0.500. The van der Waals surface area contributed by atoms with Crippen LogP contribution in [-0.2, 0) is 0 Å². The van der Waals surface area contributed by atoms with Crippen molar-refractivity contribution in [1.29, 1.82) is 0 Å². The van der Waals surface area contributed by atoms with Gasteiger partial charge in [-0.3, -0.25) is 0 Å². The van der Waals surface area contributed by atoms with Crippen LogP contribution in [0.4, 0.5) is 5.69 Å². The maximum Gasteiger partial charge on any atom is 0.0340 e. The molecule has 2 N–H and O–H groups in total. The smallest absolute Gasteiger partial charge is 0.0340 e. The third kappa shape index (κ3) is 2.26. The molecule has 1 aliphatic rings. The Kier molecular flexibility index (Phi) is 3.04. The minimum atomic E-state index is 0.773. The minimum Gasteiger partial charge on any atom is -0.385 e. The van der Waals surface area contributed by atoms with Gasteiger partial charge in [0.15, 0.2) is 0 Å². The topological polar surface area (TPSA) is 24.1 Å². The highest BCUT2D eigenvalue weighted by atomic mass is 15.0. The zero-order chi connectivity index (χ0) is 9.80. The van der Waals surface area contributed by atoms with Crippen LogP contribution >= 0.6 is 0 Å². The molecule has 2 heteroatoms. The highest BCUT2D eigenvalue weighted by Crippen LogP contribution is 2.16. The number of hydrogen-bond donors (Lipinski definition) is 2. The Hall–Kier alpha value is -1.02. The van der Waals surface area contributed by atoms with E-state index in [4.69, 9.17) is 0 Å². The molecule has 0 saturated carbocycles. The van der Waals surface area contributed by atoms with E-state index in [2.05, 4.69) is 41.8 Å². The van der Waals surface area contributed by atoms with Crippen molar-refractivity contribution in [2.24, 2.45) is 11.8 Å². The summed E-state index contributed by atoms with van der Waals surface area (Å²) in [6.45, 7) is 5.72. The van der Waals surface area contributed by atoms with Gasteiger partial charge in [0.2, 0.25) is 0 Å². The monoisotopic (exact) mass is 190 g/mol. The molecule has 0 radical (unpaired) electrons. The SMILES string of the molecule is CC1CNCC1CNc1ccccc1. The van der Waals surface area contributed by atoms with Crippen molar-refractivity contribution in [3.8, 4) is 0 Å². The summed E-state index contributed by atoms with van der Waals surface area (Å²) in [6.07, 6.45) is 0. The largest absolute Gasteiger partial charge is 0.385 e. The Labute approximate surface area is 85.7 Å². The summed E-state index contributed by atoms with van der Waals surface area (Å²) >= 11 is 0. The van der Waals surface area contributed by atoms with Gasteiger partial charge in [-0.2, -0.15) is 0 Å². The lowest BCUT2D eigenvalue weighted by Crippen LogP contribution is -2.20. The maximum atomic E-state index is 3.48. The summed E-state index contributed by atoms with van der Waals surface area (Å²) in [4.78, 5) is 0. The third-order valence-corrected chi connectivity index (χ3v) is 3.02. The molecule has 2 nitrogen and oxygen atoms in total. The Morgan fingerprint density at radius 2 is 2.07 bits per heavy atom. The molecule has 0 bridgehead atoms. The van der Waals surface area contributed by atoms with E-state index in [0.29, 0.717) is 0 Å². The lowest BCUT2D eigenvalue weighted by Gasteiger charge is -2.15. The van der Waals surface area contributed by atoms with E-state index in [-0.39, 0.29) is 0 Å². The quantitative estimate of drug-likeness (QED) is 0.761. The van der Waals surface area contributed by atoms with Gasteiger partial charge < -0.3 is 10.6 Å². The zero-order valence-electron chi connectivity index (χ0n) is 8.66. The first-order valence-electron chi connectivity index (χ1n) is 5.36. The molecule has 0 aromatic heterocycles. The van der Waals surface area contributed by atoms with E-state index in [9.17, 15) is 0 Å². The minimum absolute atomic E-state index is 0.773. The fourth-order valence-corrected chi connectivity index (χ4v) is 1.94. The molecule has 1 heterocycles. The maximum absolute atomic E-state index is 3.48. The van der Waals surface area contributed by atoms with Gasteiger partial charge in [0.25, 0.3) is 0 Å². The van der Waals surface area contributed by atoms with Crippen LogP contribution in [0.3, 0.4) is 0 Å². The normalized spacial score (nSPS) is 26.4. The molecule has 2 rings (SSSR count). The summed E-state index contributed by atoms with van der Waals surface area (Å²) in [6, 6.07) is 10.4. The molecule has 76 valence electrons. The molecule has 1 aliphatic heterocycles. The van der Waals surface area contributed by atoms with Crippen molar-refractivity contribution in [2.45, 2.75) is 6.92 Å². The first-order valence-corrected chi connectivity index (χ1v) is 5.36. The van der Waals surface area contributed by atoms with Gasteiger partial charge in [-0.1, -0.05) is 25.1 Å². The van der Waals surface area contributed by atoms with Gasteiger partial charge >= 0.3 is 0 Å². The molecular weight excluding hydrogens is 172 g/mol. The Morgan fingerprint density at radius 3 is 2.71 bits per heavy atom. The molecule has 1 saturated heterocycles. The summed E-state index contributed by atoms with van der Waals surface area (Å²) in [5.74, 6) is 1.57. The standard InChI is InChI=1S/C12H18N2/c1-10-7-13-8-11(10)9-14-12-5-3-2-4-6-12/h2-6,10-11,13-14H,7-9H2,1H3. The number of rotatable bonds is 3. The second-order valence-electron chi connectivity index (χ2n) is 4.14. The highest BCUT2D eigenvalue weighted by molar-refractivity contribution is 5.42. The molecule has 0 spiro atoms. The van der Waals surface area contributed by atoms with Crippen LogP contribution in [0.15, 0.2) is 30.3 Å². The molecule has 1 aromatic rings. The van der Waals surface area contributed by atoms with Crippen LogP contribution in [0.2, 0.25) is 0 Å². The number of hydrogen-bond acceptors (Lipinski definition) is 2. The van der Waals surface area contributed by atoms with Gasteiger partial charge in [0, 0.05) is 12.2 Å². The van der Waals surface area contributed by atoms with Crippen LogP contribution in [0, 0.1) is 11.8 Å². The van der Waals surface area contributed by atoms with E-state index < -0.39 is 0 Å². The van der Waals surface area contributed by atoms with Crippen molar-refractivity contribution in [1.82, 2.24) is 5.32 Å². The van der Waals surface area contributed by atoms with Gasteiger partial charge in [-0.15, -0.1) is 0 Å². The summed E-state index contributed by atoms with van der Waals surface area (Å²) < 4.78 is 0. The van der Waals surface area contributed by atoms with Gasteiger partial charge in [0.1, 0.15) is 0 Å². The number of nitrogens with one attached hydrogen (secondary N) is 2.